The van der Waals surface area contributed by atoms with E-state index in [1.165, 1.54) is 0 Å². The van der Waals surface area contributed by atoms with Crippen LogP contribution in [0.2, 0.25) is 0 Å². The zero-order valence-corrected chi connectivity index (χ0v) is 14.6. The molecule has 0 saturated carbocycles. The lowest BCUT2D eigenvalue weighted by Gasteiger charge is -2.07. The van der Waals surface area contributed by atoms with Crippen LogP contribution in [0.3, 0.4) is 0 Å². The van der Waals surface area contributed by atoms with E-state index in [0.717, 1.165) is 5.75 Å². The number of amides is 1. The molecule has 0 aliphatic rings. The Morgan fingerprint density at radius 2 is 2.00 bits per heavy atom. The molecule has 3 rings (SSSR count). The third kappa shape index (κ3) is 4.00. The van der Waals surface area contributed by atoms with Crippen molar-refractivity contribution in [3.05, 3.63) is 81.0 Å². The number of hydrogen-bond acceptors (Lipinski definition) is 4. The molecule has 3 N–H and O–H groups in total. The van der Waals surface area contributed by atoms with Crippen LogP contribution in [-0.4, -0.2) is 21.1 Å². The molecule has 1 aromatic carbocycles. The van der Waals surface area contributed by atoms with E-state index in [0.29, 0.717) is 22.5 Å². The molecule has 0 atom stereocenters. The maximum atomic E-state index is 12.2. The summed E-state index contributed by atoms with van der Waals surface area (Å²) in [6.45, 7) is 4.00. The predicted octanol–water partition coefficient (Wildman–Crippen LogP) is 2.22. The molecule has 0 saturated heterocycles. The molecule has 0 fully saturated rings. The van der Waals surface area contributed by atoms with E-state index in [-0.39, 0.29) is 30.2 Å². The van der Waals surface area contributed by atoms with Crippen LogP contribution in [0.25, 0.3) is 0 Å². The van der Waals surface area contributed by atoms with Gasteiger partial charge in [-0.3, -0.25) is 14.7 Å². The standard InChI is InChI=1S/C19H20N4O3/c1-12-9-20-17(13(2)18(12)24)10-21-19(25)16-8-14(22-23-16)11-26-15-6-4-3-5-7-15/h3-9H,10-11H2,1-2H3,(H,20,24)(H,21,25)(H,22,23). The Labute approximate surface area is 150 Å². The first-order valence-corrected chi connectivity index (χ1v) is 8.22. The second-order valence-electron chi connectivity index (χ2n) is 5.97. The molecule has 0 spiro atoms. The topological polar surface area (TPSA) is 99.9 Å². The van der Waals surface area contributed by atoms with E-state index in [2.05, 4.69) is 20.5 Å². The summed E-state index contributed by atoms with van der Waals surface area (Å²) in [6, 6.07) is 11.0. The molecule has 0 radical (unpaired) electrons. The highest BCUT2D eigenvalue weighted by Crippen LogP contribution is 2.11. The van der Waals surface area contributed by atoms with Gasteiger partial charge in [-0.25, -0.2) is 0 Å². The van der Waals surface area contributed by atoms with Gasteiger partial charge in [0.05, 0.1) is 12.2 Å². The van der Waals surface area contributed by atoms with Gasteiger partial charge in [-0.1, -0.05) is 18.2 Å². The molecule has 7 nitrogen and oxygen atoms in total. The molecule has 3 aromatic rings. The van der Waals surface area contributed by atoms with Crippen LogP contribution in [0.5, 0.6) is 5.75 Å². The van der Waals surface area contributed by atoms with Gasteiger partial charge in [-0.05, 0) is 32.0 Å². The first-order valence-electron chi connectivity index (χ1n) is 8.22. The highest BCUT2D eigenvalue weighted by atomic mass is 16.5. The Hall–Kier alpha value is -3.35. The van der Waals surface area contributed by atoms with Gasteiger partial charge in [-0.15, -0.1) is 0 Å². The van der Waals surface area contributed by atoms with Crippen LogP contribution in [0.4, 0.5) is 0 Å². The van der Waals surface area contributed by atoms with Gasteiger partial charge in [0.1, 0.15) is 18.1 Å². The fraction of sp³-hybridized carbons (Fsp3) is 0.211. The van der Waals surface area contributed by atoms with Gasteiger partial charge in [0, 0.05) is 23.0 Å². The Morgan fingerprint density at radius 1 is 1.23 bits per heavy atom. The number of nitrogens with zero attached hydrogens (tertiary/aromatic N) is 1. The quantitative estimate of drug-likeness (QED) is 0.633. The van der Waals surface area contributed by atoms with Gasteiger partial charge in [0.25, 0.3) is 5.91 Å². The highest BCUT2D eigenvalue weighted by molar-refractivity contribution is 5.92. The maximum absolute atomic E-state index is 12.2. The fourth-order valence-electron chi connectivity index (χ4n) is 2.47. The third-order valence-electron chi connectivity index (χ3n) is 4.04. The average molecular weight is 352 g/mol. The van der Waals surface area contributed by atoms with E-state index in [1.54, 1.807) is 26.1 Å². The van der Waals surface area contributed by atoms with Gasteiger partial charge >= 0.3 is 0 Å². The summed E-state index contributed by atoms with van der Waals surface area (Å²) < 4.78 is 5.61. The average Bonchev–Trinajstić information content (AvgIpc) is 3.14. The summed E-state index contributed by atoms with van der Waals surface area (Å²) in [7, 11) is 0. The minimum atomic E-state index is -0.326. The van der Waals surface area contributed by atoms with Crippen molar-refractivity contribution < 1.29 is 9.53 Å². The summed E-state index contributed by atoms with van der Waals surface area (Å²) in [5.74, 6) is 0.417. The van der Waals surface area contributed by atoms with Crippen LogP contribution >= 0.6 is 0 Å². The lowest BCUT2D eigenvalue weighted by Crippen LogP contribution is -2.26. The molecule has 0 aliphatic heterocycles. The number of para-hydroxylation sites is 1. The second kappa shape index (κ2) is 7.69. The number of nitrogens with one attached hydrogen (secondary N) is 3. The van der Waals surface area contributed by atoms with E-state index in [4.69, 9.17) is 4.74 Å². The lowest BCUT2D eigenvalue weighted by molar-refractivity contribution is 0.0945. The monoisotopic (exact) mass is 352 g/mol. The van der Waals surface area contributed by atoms with Crippen LogP contribution in [0.1, 0.15) is 33.0 Å². The molecule has 0 aliphatic carbocycles. The smallest absolute Gasteiger partial charge is 0.272 e. The number of H-pyrrole nitrogens is 2. The van der Waals surface area contributed by atoms with Gasteiger partial charge in [-0.2, -0.15) is 5.10 Å². The van der Waals surface area contributed by atoms with Crippen LogP contribution < -0.4 is 15.5 Å². The van der Waals surface area contributed by atoms with Crippen molar-refractivity contribution in [2.24, 2.45) is 0 Å². The summed E-state index contributed by atoms with van der Waals surface area (Å²) in [4.78, 5) is 27.2. The van der Waals surface area contributed by atoms with E-state index >= 15 is 0 Å². The van der Waals surface area contributed by atoms with Gasteiger partial charge in [0.2, 0.25) is 0 Å². The van der Waals surface area contributed by atoms with E-state index in [9.17, 15) is 9.59 Å². The van der Waals surface area contributed by atoms with Gasteiger partial charge < -0.3 is 15.0 Å². The predicted molar refractivity (Wildman–Crippen MR) is 97.1 cm³/mol. The lowest BCUT2D eigenvalue weighted by atomic mass is 10.1. The molecule has 134 valence electrons. The number of aryl methyl sites for hydroxylation is 1. The van der Waals surface area contributed by atoms with Gasteiger partial charge in [0.15, 0.2) is 5.43 Å². The SMILES string of the molecule is Cc1c[nH]c(CNC(=O)c2cc(COc3ccccc3)[nH]n2)c(C)c1=O. The maximum Gasteiger partial charge on any atom is 0.272 e. The fourth-order valence-corrected chi connectivity index (χ4v) is 2.47. The van der Waals surface area contributed by atoms with Crippen molar-refractivity contribution in [2.45, 2.75) is 27.0 Å². The summed E-state index contributed by atoms with van der Waals surface area (Å²) in [5, 5.41) is 9.55. The first-order chi connectivity index (χ1) is 12.5. The number of carbonyl (C=O) groups is 1. The van der Waals surface area contributed by atoms with Crippen LogP contribution in [0.15, 0.2) is 47.4 Å². The minimum absolute atomic E-state index is 0.0203. The number of benzene rings is 1. The summed E-state index contributed by atoms with van der Waals surface area (Å²) in [6.07, 6.45) is 1.64. The number of pyridine rings is 1. The number of hydrogen-bond donors (Lipinski definition) is 3. The largest absolute Gasteiger partial charge is 0.487 e. The molecule has 2 aromatic heterocycles. The number of rotatable bonds is 6. The molecule has 2 heterocycles. The third-order valence-corrected chi connectivity index (χ3v) is 4.04. The zero-order valence-electron chi connectivity index (χ0n) is 14.6. The Morgan fingerprint density at radius 3 is 2.77 bits per heavy atom. The number of aromatic amines is 2. The number of carbonyl (C=O) groups excluding carboxylic acids is 1. The minimum Gasteiger partial charge on any atom is -0.487 e. The Balaban J connectivity index is 1.58. The van der Waals surface area contributed by atoms with Crippen LogP contribution in [-0.2, 0) is 13.2 Å². The molecular weight excluding hydrogens is 332 g/mol. The van der Waals surface area contributed by atoms with Crippen molar-refractivity contribution in [1.29, 1.82) is 0 Å². The van der Waals surface area contributed by atoms with Crippen molar-refractivity contribution >= 4 is 5.91 Å². The van der Waals surface area contributed by atoms with E-state index in [1.807, 2.05) is 30.3 Å². The number of ether oxygens (including phenoxy) is 1. The Kier molecular flexibility index (Phi) is 5.17. The number of aromatic nitrogens is 3. The van der Waals surface area contributed by atoms with Crippen molar-refractivity contribution in [3.8, 4) is 5.75 Å². The summed E-state index contributed by atoms with van der Waals surface area (Å²) in [5.41, 5.74) is 2.87. The van der Waals surface area contributed by atoms with Crippen molar-refractivity contribution in [3.63, 3.8) is 0 Å². The van der Waals surface area contributed by atoms with E-state index < -0.39 is 0 Å². The normalized spacial score (nSPS) is 10.5. The van der Waals surface area contributed by atoms with Crippen LogP contribution in [0, 0.1) is 13.8 Å². The Bertz CT molecular complexity index is 960. The second-order valence-corrected chi connectivity index (χ2v) is 5.97. The van der Waals surface area contributed by atoms with Crippen molar-refractivity contribution in [2.75, 3.05) is 0 Å². The summed E-state index contributed by atoms with van der Waals surface area (Å²) >= 11 is 0. The molecular formula is C19H20N4O3. The zero-order chi connectivity index (χ0) is 18.5. The molecule has 0 bridgehead atoms. The highest BCUT2D eigenvalue weighted by Gasteiger charge is 2.12. The molecule has 7 heteroatoms. The van der Waals surface area contributed by atoms with Crippen molar-refractivity contribution in [1.82, 2.24) is 20.5 Å². The molecule has 26 heavy (non-hydrogen) atoms. The first kappa shape index (κ1) is 17.5. The molecule has 1 amide bonds. The molecule has 0 unspecified atom stereocenters.